The Hall–Kier alpha value is -1.39. The number of amides is 1. The van der Waals surface area contributed by atoms with Gasteiger partial charge in [-0.05, 0) is 37.6 Å². The number of aromatic nitrogens is 3. The topological polar surface area (TPSA) is 85.2 Å². The van der Waals surface area contributed by atoms with Gasteiger partial charge in [-0.3, -0.25) is 4.79 Å². The van der Waals surface area contributed by atoms with E-state index in [0.29, 0.717) is 19.0 Å². The first-order valence-electron chi connectivity index (χ1n) is 10.5. The van der Waals surface area contributed by atoms with Gasteiger partial charge in [0.15, 0.2) is 15.0 Å². The highest BCUT2D eigenvalue weighted by Crippen LogP contribution is 2.33. The number of sulfone groups is 1. The third kappa shape index (κ3) is 5.08. The zero-order valence-electron chi connectivity index (χ0n) is 17.2. The first-order valence-corrected chi connectivity index (χ1v) is 14.2. The maximum absolute atomic E-state index is 13.2. The summed E-state index contributed by atoms with van der Waals surface area (Å²) in [4.78, 5) is 16.0. The molecule has 0 spiro atoms. The number of aryl methyl sites for hydroxylation is 1. The molecule has 1 unspecified atom stereocenters. The van der Waals surface area contributed by atoms with Crippen molar-refractivity contribution in [3.05, 3.63) is 28.2 Å². The van der Waals surface area contributed by atoms with Crippen molar-refractivity contribution in [3.8, 4) is 0 Å². The van der Waals surface area contributed by atoms with Crippen molar-refractivity contribution in [2.24, 2.45) is 0 Å². The average Bonchev–Trinajstić information content (AvgIpc) is 3.45. The fourth-order valence-corrected chi connectivity index (χ4v) is 7.80. The maximum Gasteiger partial charge on any atom is 0.233 e. The van der Waals surface area contributed by atoms with Gasteiger partial charge >= 0.3 is 0 Å². The average molecular weight is 469 g/mol. The van der Waals surface area contributed by atoms with Crippen LogP contribution in [0.15, 0.2) is 22.7 Å². The second-order valence-corrected chi connectivity index (χ2v) is 12.3. The minimum Gasteiger partial charge on any atom is -0.333 e. The SMILES string of the molecule is Cc1nnc(SCC(=O)N(Cc2cccs2)C2CCS(=O)(=O)C2)n1C1CCCCC1. The molecule has 7 nitrogen and oxygen atoms in total. The van der Waals surface area contributed by atoms with Gasteiger partial charge in [-0.15, -0.1) is 21.5 Å². The van der Waals surface area contributed by atoms with Crippen LogP contribution in [0.1, 0.15) is 55.3 Å². The Morgan fingerprint density at radius 3 is 2.73 bits per heavy atom. The van der Waals surface area contributed by atoms with E-state index in [1.165, 1.54) is 31.0 Å². The molecule has 1 saturated heterocycles. The molecule has 1 atom stereocenters. The molecule has 10 heteroatoms. The highest BCUT2D eigenvalue weighted by molar-refractivity contribution is 7.99. The second-order valence-electron chi connectivity index (χ2n) is 8.14. The Morgan fingerprint density at radius 2 is 2.07 bits per heavy atom. The van der Waals surface area contributed by atoms with Gasteiger partial charge in [0.25, 0.3) is 0 Å². The number of hydrogen-bond acceptors (Lipinski definition) is 7. The highest BCUT2D eigenvalue weighted by atomic mass is 32.2. The van der Waals surface area contributed by atoms with Crippen LogP contribution in [0.5, 0.6) is 0 Å². The van der Waals surface area contributed by atoms with Crippen molar-refractivity contribution in [2.75, 3.05) is 17.3 Å². The molecule has 4 rings (SSSR count). The molecule has 2 aromatic heterocycles. The van der Waals surface area contributed by atoms with E-state index in [4.69, 9.17) is 0 Å². The molecule has 1 amide bonds. The molecule has 1 aliphatic carbocycles. The Kier molecular flexibility index (Phi) is 6.84. The van der Waals surface area contributed by atoms with Crippen LogP contribution < -0.4 is 0 Å². The fourth-order valence-electron chi connectivity index (χ4n) is 4.43. The summed E-state index contributed by atoms with van der Waals surface area (Å²) in [5.41, 5.74) is 0. The van der Waals surface area contributed by atoms with E-state index in [2.05, 4.69) is 14.8 Å². The summed E-state index contributed by atoms with van der Waals surface area (Å²) < 4.78 is 26.2. The van der Waals surface area contributed by atoms with E-state index in [1.807, 2.05) is 24.4 Å². The van der Waals surface area contributed by atoms with Crippen molar-refractivity contribution in [3.63, 3.8) is 0 Å². The molecular weight excluding hydrogens is 440 g/mol. The van der Waals surface area contributed by atoms with Crippen molar-refractivity contribution in [2.45, 2.75) is 69.2 Å². The Morgan fingerprint density at radius 1 is 1.27 bits per heavy atom. The lowest BCUT2D eigenvalue weighted by Crippen LogP contribution is -2.41. The van der Waals surface area contributed by atoms with Crippen molar-refractivity contribution >= 4 is 38.8 Å². The first kappa shape index (κ1) is 21.8. The largest absolute Gasteiger partial charge is 0.333 e. The van der Waals surface area contributed by atoms with Crippen molar-refractivity contribution in [1.82, 2.24) is 19.7 Å². The number of rotatable bonds is 7. The van der Waals surface area contributed by atoms with Crippen LogP contribution in [0.2, 0.25) is 0 Å². The normalized spacial score (nSPS) is 21.7. The van der Waals surface area contributed by atoms with Crippen LogP contribution in [0.25, 0.3) is 0 Å². The lowest BCUT2D eigenvalue weighted by atomic mass is 9.95. The molecule has 30 heavy (non-hydrogen) atoms. The molecule has 3 heterocycles. The summed E-state index contributed by atoms with van der Waals surface area (Å²) in [5.74, 6) is 1.33. The highest BCUT2D eigenvalue weighted by Gasteiger charge is 2.35. The summed E-state index contributed by atoms with van der Waals surface area (Å²) in [5, 5.41) is 11.4. The quantitative estimate of drug-likeness (QED) is 0.579. The number of thioether (sulfide) groups is 1. The molecule has 2 aliphatic rings. The maximum atomic E-state index is 13.2. The van der Waals surface area contributed by atoms with Crippen LogP contribution in [0, 0.1) is 6.92 Å². The van der Waals surface area contributed by atoms with E-state index in [1.54, 1.807) is 16.2 Å². The molecule has 2 aromatic rings. The third-order valence-corrected chi connectivity index (χ3v) is 9.51. The molecule has 0 radical (unpaired) electrons. The molecule has 2 fully saturated rings. The third-order valence-electron chi connectivity index (χ3n) is 5.98. The van der Waals surface area contributed by atoms with Gasteiger partial charge in [0.1, 0.15) is 5.82 Å². The van der Waals surface area contributed by atoms with Crippen LogP contribution >= 0.6 is 23.1 Å². The Labute approximate surface area is 186 Å². The number of hydrogen-bond donors (Lipinski definition) is 0. The molecule has 0 N–H and O–H groups in total. The molecular formula is C20H28N4O3S3. The summed E-state index contributed by atoms with van der Waals surface area (Å²) in [6.45, 7) is 2.44. The minimum atomic E-state index is -3.06. The van der Waals surface area contributed by atoms with E-state index in [0.717, 1.165) is 28.7 Å². The fraction of sp³-hybridized carbons (Fsp3) is 0.650. The van der Waals surface area contributed by atoms with Gasteiger partial charge in [0.2, 0.25) is 5.91 Å². The zero-order chi connectivity index (χ0) is 21.1. The van der Waals surface area contributed by atoms with Crippen LogP contribution in [0.4, 0.5) is 0 Å². The Bertz CT molecular complexity index is 966. The first-order chi connectivity index (χ1) is 14.4. The van der Waals surface area contributed by atoms with Gasteiger partial charge in [0, 0.05) is 17.0 Å². The number of carbonyl (C=O) groups excluding carboxylic acids is 1. The van der Waals surface area contributed by atoms with Gasteiger partial charge in [-0.1, -0.05) is 37.1 Å². The lowest BCUT2D eigenvalue weighted by molar-refractivity contribution is -0.130. The minimum absolute atomic E-state index is 0.0358. The van der Waals surface area contributed by atoms with Gasteiger partial charge in [0.05, 0.1) is 23.8 Å². The van der Waals surface area contributed by atoms with Crippen molar-refractivity contribution < 1.29 is 13.2 Å². The summed E-state index contributed by atoms with van der Waals surface area (Å²) >= 11 is 3.01. The van der Waals surface area contributed by atoms with E-state index in [-0.39, 0.29) is 29.2 Å². The molecule has 0 bridgehead atoms. The second kappa shape index (κ2) is 9.40. The standard InChI is InChI=1S/C20H28N4O3S3/c1-15-21-22-20(24(15)16-6-3-2-4-7-16)29-13-19(25)23(12-18-8-5-10-28-18)17-9-11-30(26,27)14-17/h5,8,10,16-17H,2-4,6-7,9,11-14H2,1H3. The molecule has 164 valence electrons. The summed E-state index contributed by atoms with van der Waals surface area (Å²) in [7, 11) is -3.06. The van der Waals surface area contributed by atoms with Crippen molar-refractivity contribution in [1.29, 1.82) is 0 Å². The lowest BCUT2D eigenvalue weighted by Gasteiger charge is -2.28. The van der Waals surface area contributed by atoms with Crippen LogP contribution in [-0.4, -0.2) is 57.3 Å². The number of thiophene rings is 1. The van der Waals surface area contributed by atoms with Crippen LogP contribution in [0.3, 0.4) is 0 Å². The van der Waals surface area contributed by atoms with Crippen LogP contribution in [-0.2, 0) is 21.2 Å². The van der Waals surface area contributed by atoms with Gasteiger partial charge < -0.3 is 9.47 Å². The Balaban J connectivity index is 1.46. The summed E-state index contributed by atoms with van der Waals surface area (Å²) in [6.07, 6.45) is 6.49. The van der Waals surface area contributed by atoms with E-state index >= 15 is 0 Å². The summed E-state index contributed by atoms with van der Waals surface area (Å²) in [6, 6.07) is 4.11. The van der Waals surface area contributed by atoms with Gasteiger partial charge in [-0.25, -0.2) is 8.42 Å². The molecule has 1 aliphatic heterocycles. The van der Waals surface area contributed by atoms with E-state index in [9.17, 15) is 13.2 Å². The number of carbonyl (C=O) groups is 1. The van der Waals surface area contributed by atoms with Gasteiger partial charge in [-0.2, -0.15) is 0 Å². The monoisotopic (exact) mass is 468 g/mol. The predicted octanol–water partition coefficient (Wildman–Crippen LogP) is 3.46. The smallest absolute Gasteiger partial charge is 0.233 e. The number of nitrogens with zero attached hydrogens (tertiary/aromatic N) is 4. The zero-order valence-corrected chi connectivity index (χ0v) is 19.6. The van der Waals surface area contributed by atoms with E-state index < -0.39 is 9.84 Å². The molecule has 0 aromatic carbocycles. The molecule has 1 saturated carbocycles. The predicted molar refractivity (Wildman–Crippen MR) is 120 cm³/mol.